The van der Waals surface area contributed by atoms with E-state index in [2.05, 4.69) is 15.5 Å². The summed E-state index contributed by atoms with van der Waals surface area (Å²) in [7, 11) is 0. The van der Waals surface area contributed by atoms with Crippen molar-refractivity contribution in [1.29, 1.82) is 0 Å². The fraction of sp³-hybridized carbons (Fsp3) is 0.833. The standard InChI is InChI=1S/C12H24N4O2.ClH/c1-2-14-12(18)15-11(17)9-16-8-4-3-5-10(16)6-7-13;/h10H,2-9,13H2,1H3,(H2,14,15,17,18);1H. The van der Waals surface area contributed by atoms with E-state index >= 15 is 0 Å². The van der Waals surface area contributed by atoms with Crippen LogP contribution in [0.3, 0.4) is 0 Å². The number of amides is 3. The largest absolute Gasteiger partial charge is 0.338 e. The van der Waals surface area contributed by atoms with E-state index < -0.39 is 6.03 Å². The Morgan fingerprint density at radius 2 is 2.11 bits per heavy atom. The molecular weight excluding hydrogens is 268 g/mol. The minimum atomic E-state index is -0.421. The fourth-order valence-electron chi connectivity index (χ4n) is 2.34. The van der Waals surface area contributed by atoms with E-state index in [1.54, 1.807) is 0 Å². The highest BCUT2D eigenvalue weighted by Crippen LogP contribution is 2.18. The molecule has 1 rings (SSSR count). The molecule has 0 aromatic heterocycles. The molecule has 7 heteroatoms. The van der Waals surface area contributed by atoms with Crippen molar-refractivity contribution in [2.45, 2.75) is 38.6 Å². The summed E-state index contributed by atoms with van der Waals surface area (Å²) < 4.78 is 0. The van der Waals surface area contributed by atoms with Crippen molar-refractivity contribution < 1.29 is 9.59 Å². The van der Waals surface area contributed by atoms with Crippen molar-refractivity contribution in [3.8, 4) is 0 Å². The Hall–Kier alpha value is -0.850. The molecule has 0 bridgehead atoms. The molecule has 0 radical (unpaired) electrons. The van der Waals surface area contributed by atoms with Gasteiger partial charge in [-0.3, -0.25) is 15.0 Å². The lowest BCUT2D eigenvalue weighted by molar-refractivity contribution is -0.122. The van der Waals surface area contributed by atoms with Crippen LogP contribution in [0.1, 0.15) is 32.6 Å². The van der Waals surface area contributed by atoms with Gasteiger partial charge in [-0.05, 0) is 39.3 Å². The Kier molecular flexibility index (Phi) is 9.55. The van der Waals surface area contributed by atoms with E-state index in [1.165, 1.54) is 6.42 Å². The molecule has 1 saturated heterocycles. The van der Waals surface area contributed by atoms with Crippen LogP contribution in [0.15, 0.2) is 0 Å². The summed E-state index contributed by atoms with van der Waals surface area (Å²) >= 11 is 0. The molecule has 0 saturated carbocycles. The van der Waals surface area contributed by atoms with E-state index in [-0.39, 0.29) is 24.9 Å². The van der Waals surface area contributed by atoms with Gasteiger partial charge in [-0.25, -0.2) is 4.79 Å². The smallest absolute Gasteiger partial charge is 0.321 e. The summed E-state index contributed by atoms with van der Waals surface area (Å²) in [5.74, 6) is -0.245. The highest BCUT2D eigenvalue weighted by Gasteiger charge is 2.23. The SMILES string of the molecule is CCNC(=O)NC(=O)CN1CCCCC1CCN.Cl. The van der Waals surface area contributed by atoms with Crippen LogP contribution in [0.25, 0.3) is 0 Å². The lowest BCUT2D eigenvalue weighted by Gasteiger charge is -2.34. The molecule has 4 N–H and O–H groups in total. The number of hydrogen-bond donors (Lipinski definition) is 3. The van der Waals surface area contributed by atoms with Gasteiger partial charge >= 0.3 is 6.03 Å². The summed E-state index contributed by atoms with van der Waals surface area (Å²) in [5, 5.41) is 4.87. The first-order valence-corrected chi connectivity index (χ1v) is 6.69. The lowest BCUT2D eigenvalue weighted by atomic mass is 9.99. The van der Waals surface area contributed by atoms with E-state index in [4.69, 9.17) is 5.73 Å². The molecule has 1 heterocycles. The Morgan fingerprint density at radius 1 is 1.37 bits per heavy atom. The topological polar surface area (TPSA) is 87.5 Å². The van der Waals surface area contributed by atoms with Crippen LogP contribution >= 0.6 is 12.4 Å². The van der Waals surface area contributed by atoms with E-state index in [9.17, 15) is 9.59 Å². The minimum Gasteiger partial charge on any atom is -0.338 e. The van der Waals surface area contributed by atoms with Gasteiger partial charge in [-0.2, -0.15) is 0 Å². The van der Waals surface area contributed by atoms with Crippen LogP contribution in [-0.4, -0.2) is 49.1 Å². The molecular formula is C12H25ClN4O2. The minimum absolute atomic E-state index is 0. The van der Waals surface area contributed by atoms with Gasteiger partial charge in [0.15, 0.2) is 0 Å². The number of urea groups is 1. The molecule has 112 valence electrons. The maximum atomic E-state index is 11.7. The lowest BCUT2D eigenvalue weighted by Crippen LogP contribution is -2.49. The maximum absolute atomic E-state index is 11.7. The molecule has 6 nitrogen and oxygen atoms in total. The molecule has 1 unspecified atom stereocenters. The van der Waals surface area contributed by atoms with Crippen LogP contribution in [-0.2, 0) is 4.79 Å². The van der Waals surface area contributed by atoms with Crippen molar-refractivity contribution >= 4 is 24.3 Å². The van der Waals surface area contributed by atoms with Gasteiger partial charge < -0.3 is 11.1 Å². The number of carbonyl (C=O) groups excluding carboxylic acids is 2. The number of carbonyl (C=O) groups is 2. The molecule has 1 aliphatic heterocycles. The van der Waals surface area contributed by atoms with E-state index in [0.717, 1.165) is 25.8 Å². The van der Waals surface area contributed by atoms with Crippen LogP contribution < -0.4 is 16.4 Å². The zero-order valence-electron chi connectivity index (χ0n) is 11.5. The highest BCUT2D eigenvalue weighted by molar-refractivity contribution is 5.95. The second-order valence-electron chi connectivity index (χ2n) is 4.61. The Labute approximate surface area is 120 Å². The average Bonchev–Trinajstić information content (AvgIpc) is 2.32. The highest BCUT2D eigenvalue weighted by atomic mass is 35.5. The third kappa shape index (κ3) is 6.75. The molecule has 0 spiro atoms. The molecule has 1 fully saturated rings. The van der Waals surface area contributed by atoms with Crippen LogP contribution in [0.2, 0.25) is 0 Å². The monoisotopic (exact) mass is 292 g/mol. The van der Waals surface area contributed by atoms with Gasteiger partial charge in [0.2, 0.25) is 5.91 Å². The summed E-state index contributed by atoms with van der Waals surface area (Å²) in [6.07, 6.45) is 4.30. The zero-order valence-corrected chi connectivity index (χ0v) is 12.3. The molecule has 0 aliphatic carbocycles. The van der Waals surface area contributed by atoms with Crippen molar-refractivity contribution in [2.75, 3.05) is 26.2 Å². The van der Waals surface area contributed by atoms with Crippen LogP contribution in [0.5, 0.6) is 0 Å². The Morgan fingerprint density at radius 3 is 2.74 bits per heavy atom. The second kappa shape index (κ2) is 10.00. The van der Waals surface area contributed by atoms with E-state index in [1.807, 2.05) is 6.92 Å². The summed E-state index contributed by atoms with van der Waals surface area (Å²) in [6, 6.07) is -0.0429. The number of nitrogens with zero attached hydrogens (tertiary/aromatic N) is 1. The van der Waals surface area contributed by atoms with Crippen molar-refractivity contribution in [3.05, 3.63) is 0 Å². The molecule has 19 heavy (non-hydrogen) atoms. The van der Waals surface area contributed by atoms with Gasteiger partial charge in [0.25, 0.3) is 0 Å². The first-order valence-electron chi connectivity index (χ1n) is 6.69. The third-order valence-electron chi connectivity index (χ3n) is 3.19. The average molecular weight is 293 g/mol. The van der Waals surface area contributed by atoms with Crippen LogP contribution in [0.4, 0.5) is 4.79 Å². The van der Waals surface area contributed by atoms with Crippen molar-refractivity contribution in [2.24, 2.45) is 5.73 Å². The Balaban J connectivity index is 0.00000324. The fourth-order valence-corrected chi connectivity index (χ4v) is 2.34. The Bertz CT molecular complexity index is 287. The van der Waals surface area contributed by atoms with E-state index in [0.29, 0.717) is 19.1 Å². The number of rotatable bonds is 5. The van der Waals surface area contributed by atoms with Gasteiger partial charge in [0, 0.05) is 12.6 Å². The second-order valence-corrected chi connectivity index (χ2v) is 4.61. The normalized spacial score (nSPS) is 19.4. The zero-order chi connectivity index (χ0) is 13.4. The molecule has 0 aromatic rings. The number of imide groups is 1. The number of nitrogens with one attached hydrogen (secondary N) is 2. The first kappa shape index (κ1) is 18.1. The molecule has 3 amide bonds. The first-order chi connectivity index (χ1) is 8.67. The quantitative estimate of drug-likeness (QED) is 0.687. The number of likely N-dealkylation sites (tertiary alicyclic amines) is 1. The van der Waals surface area contributed by atoms with Gasteiger partial charge in [0.1, 0.15) is 0 Å². The van der Waals surface area contributed by atoms with Crippen molar-refractivity contribution in [3.63, 3.8) is 0 Å². The number of piperidine rings is 1. The van der Waals surface area contributed by atoms with Crippen molar-refractivity contribution in [1.82, 2.24) is 15.5 Å². The number of hydrogen-bond acceptors (Lipinski definition) is 4. The summed E-state index contributed by atoms with van der Waals surface area (Å²) in [5.41, 5.74) is 5.58. The predicted octanol–water partition coefficient (Wildman–Crippen LogP) is 0.457. The van der Waals surface area contributed by atoms with Gasteiger partial charge in [-0.15, -0.1) is 12.4 Å². The molecule has 1 aliphatic rings. The molecule has 0 aromatic carbocycles. The predicted molar refractivity (Wildman–Crippen MR) is 77.3 cm³/mol. The molecule has 1 atom stereocenters. The summed E-state index contributed by atoms with van der Waals surface area (Å²) in [4.78, 5) is 25.1. The van der Waals surface area contributed by atoms with Crippen LogP contribution in [0, 0.1) is 0 Å². The number of halogens is 1. The maximum Gasteiger partial charge on any atom is 0.321 e. The third-order valence-corrected chi connectivity index (χ3v) is 3.19. The van der Waals surface area contributed by atoms with Gasteiger partial charge in [0.05, 0.1) is 6.54 Å². The summed E-state index contributed by atoms with van der Waals surface area (Å²) in [6.45, 7) is 4.15. The number of nitrogens with two attached hydrogens (primary N) is 1. The van der Waals surface area contributed by atoms with Gasteiger partial charge in [-0.1, -0.05) is 6.42 Å².